The van der Waals surface area contributed by atoms with Crippen molar-refractivity contribution in [1.82, 2.24) is 0 Å². The van der Waals surface area contributed by atoms with Gasteiger partial charge in [0.1, 0.15) is 0 Å². The molecule has 0 spiro atoms. The monoisotopic (exact) mass is 398 g/mol. The van der Waals surface area contributed by atoms with Crippen molar-refractivity contribution in [3.8, 4) is 0 Å². The van der Waals surface area contributed by atoms with Crippen LogP contribution in [0.4, 0.5) is 0 Å². The fraction of sp³-hybridized carbons (Fsp3) is 0.458. The molecule has 0 N–H and O–H groups in total. The summed E-state index contributed by atoms with van der Waals surface area (Å²) in [4.78, 5) is 11.7. The lowest BCUT2D eigenvalue weighted by Crippen LogP contribution is -2.35. The molecule has 2 aromatic rings. The van der Waals surface area contributed by atoms with Gasteiger partial charge in [-0.1, -0.05) is 60.7 Å². The first kappa shape index (κ1) is 21.5. The fourth-order valence-corrected chi connectivity index (χ4v) is 3.48. The summed E-state index contributed by atoms with van der Waals surface area (Å²) in [6.07, 6.45) is 3.26. The van der Waals surface area contributed by atoms with E-state index in [4.69, 9.17) is 18.9 Å². The third-order valence-electron chi connectivity index (χ3n) is 5.03. The maximum atomic E-state index is 11.7. The number of hydrogen-bond donors (Lipinski definition) is 0. The van der Waals surface area contributed by atoms with Crippen molar-refractivity contribution >= 4 is 5.97 Å². The highest BCUT2D eigenvalue weighted by Crippen LogP contribution is 2.33. The van der Waals surface area contributed by atoms with Gasteiger partial charge in [-0.05, 0) is 24.8 Å². The van der Waals surface area contributed by atoms with Gasteiger partial charge in [-0.2, -0.15) is 0 Å². The molecular formula is C24H30O5. The predicted molar refractivity (Wildman–Crippen MR) is 110 cm³/mol. The van der Waals surface area contributed by atoms with Gasteiger partial charge >= 0.3 is 5.97 Å². The number of esters is 1. The second kappa shape index (κ2) is 11.7. The lowest BCUT2D eigenvalue weighted by molar-refractivity contribution is -0.250. The number of unbranched alkanes of at least 4 members (excludes halogenated alkanes) is 1. The average molecular weight is 398 g/mol. The topological polar surface area (TPSA) is 54.0 Å². The smallest absolute Gasteiger partial charge is 0.308 e. The first-order valence-corrected chi connectivity index (χ1v) is 10.3. The number of carbonyl (C=O) groups excluding carboxylic acids is 1. The zero-order valence-electron chi connectivity index (χ0n) is 17.0. The van der Waals surface area contributed by atoms with Crippen LogP contribution < -0.4 is 0 Å². The van der Waals surface area contributed by atoms with E-state index in [2.05, 4.69) is 12.1 Å². The molecule has 0 unspecified atom stereocenters. The van der Waals surface area contributed by atoms with Crippen LogP contribution in [0.5, 0.6) is 0 Å². The van der Waals surface area contributed by atoms with Crippen LogP contribution in [0.3, 0.4) is 0 Å². The Morgan fingerprint density at radius 3 is 2.38 bits per heavy atom. The minimum atomic E-state index is -0.445. The van der Waals surface area contributed by atoms with Gasteiger partial charge in [0, 0.05) is 18.6 Å². The van der Waals surface area contributed by atoms with Crippen LogP contribution in [0, 0.1) is 0 Å². The summed E-state index contributed by atoms with van der Waals surface area (Å²) in [5, 5.41) is 0. The second-order valence-electron chi connectivity index (χ2n) is 7.31. The first-order chi connectivity index (χ1) is 14.2. The summed E-state index contributed by atoms with van der Waals surface area (Å²) >= 11 is 0. The summed E-state index contributed by atoms with van der Waals surface area (Å²) in [7, 11) is 1.41. The molecule has 1 aliphatic heterocycles. The zero-order valence-corrected chi connectivity index (χ0v) is 17.0. The SMILES string of the molecule is COC(=O)C[C@@H]1C[C@H](CCCCOCc2ccccc2)O[C@H](c2ccccc2)O1. The summed E-state index contributed by atoms with van der Waals surface area (Å²) in [6.45, 7) is 1.37. The van der Waals surface area contributed by atoms with Crippen LogP contribution in [-0.4, -0.2) is 31.9 Å². The summed E-state index contributed by atoms with van der Waals surface area (Å²) in [6, 6.07) is 20.1. The molecule has 1 fully saturated rings. The molecule has 3 rings (SSSR count). The summed E-state index contributed by atoms with van der Waals surface area (Å²) < 4.78 is 22.8. The molecule has 1 aliphatic rings. The Bertz CT molecular complexity index is 719. The molecule has 0 aliphatic carbocycles. The molecule has 0 radical (unpaired) electrons. The normalized spacial score (nSPS) is 21.6. The largest absolute Gasteiger partial charge is 0.469 e. The van der Waals surface area contributed by atoms with Crippen LogP contribution in [-0.2, 0) is 30.3 Å². The molecule has 0 bridgehead atoms. The van der Waals surface area contributed by atoms with Gasteiger partial charge in [0.25, 0.3) is 0 Å². The minimum Gasteiger partial charge on any atom is -0.469 e. The standard InChI is InChI=1S/C24H30O5/c1-26-23(25)17-22-16-21(28-24(29-22)20-12-6-3-7-13-20)14-8-9-15-27-18-19-10-4-2-5-11-19/h2-7,10-13,21-22,24H,8-9,14-18H2,1H3/t21-,22-,24-/m0/s1. The highest BCUT2D eigenvalue weighted by Gasteiger charge is 2.32. The predicted octanol–water partition coefficient (Wildman–Crippen LogP) is 4.81. The molecule has 5 nitrogen and oxygen atoms in total. The Hall–Kier alpha value is -2.21. The number of methoxy groups -OCH3 is 1. The van der Waals surface area contributed by atoms with Crippen molar-refractivity contribution in [2.45, 2.75) is 57.2 Å². The molecule has 0 aromatic heterocycles. The Labute approximate surface area is 172 Å². The van der Waals surface area contributed by atoms with Gasteiger partial charge in [-0.15, -0.1) is 0 Å². The van der Waals surface area contributed by atoms with Crippen molar-refractivity contribution < 1.29 is 23.7 Å². The highest BCUT2D eigenvalue weighted by molar-refractivity contribution is 5.69. The Morgan fingerprint density at radius 2 is 1.66 bits per heavy atom. The van der Waals surface area contributed by atoms with Crippen LogP contribution in [0.1, 0.15) is 49.5 Å². The van der Waals surface area contributed by atoms with E-state index in [0.29, 0.717) is 13.0 Å². The number of carbonyl (C=O) groups is 1. The number of benzene rings is 2. The van der Waals surface area contributed by atoms with E-state index in [9.17, 15) is 4.79 Å². The van der Waals surface area contributed by atoms with Gasteiger partial charge in [0.2, 0.25) is 0 Å². The van der Waals surface area contributed by atoms with Crippen molar-refractivity contribution in [2.24, 2.45) is 0 Å². The Balaban J connectivity index is 1.44. The van der Waals surface area contributed by atoms with Crippen LogP contribution in [0.25, 0.3) is 0 Å². The molecule has 0 saturated carbocycles. The Kier molecular flexibility index (Phi) is 8.68. The molecular weight excluding hydrogens is 368 g/mol. The second-order valence-corrected chi connectivity index (χ2v) is 7.31. The van der Waals surface area contributed by atoms with E-state index in [0.717, 1.165) is 31.4 Å². The van der Waals surface area contributed by atoms with Gasteiger partial charge in [0.15, 0.2) is 6.29 Å². The molecule has 156 valence electrons. The van der Waals surface area contributed by atoms with E-state index in [1.807, 2.05) is 48.5 Å². The quantitative estimate of drug-likeness (QED) is 0.425. The van der Waals surface area contributed by atoms with Gasteiger partial charge in [0.05, 0.1) is 32.3 Å². The number of hydrogen-bond acceptors (Lipinski definition) is 5. The highest BCUT2D eigenvalue weighted by atomic mass is 16.7. The van der Waals surface area contributed by atoms with Crippen molar-refractivity contribution in [2.75, 3.05) is 13.7 Å². The Morgan fingerprint density at radius 1 is 0.966 bits per heavy atom. The summed E-state index contributed by atoms with van der Waals surface area (Å²) in [5.74, 6) is -0.253. The molecule has 2 aromatic carbocycles. The first-order valence-electron chi connectivity index (χ1n) is 10.3. The molecule has 0 amide bonds. The van der Waals surface area contributed by atoms with E-state index in [-0.39, 0.29) is 24.6 Å². The van der Waals surface area contributed by atoms with E-state index in [1.165, 1.54) is 12.7 Å². The number of rotatable bonds is 10. The van der Waals surface area contributed by atoms with Gasteiger partial charge in [-0.25, -0.2) is 0 Å². The van der Waals surface area contributed by atoms with Crippen molar-refractivity contribution in [3.63, 3.8) is 0 Å². The zero-order chi connectivity index (χ0) is 20.3. The lowest BCUT2D eigenvalue weighted by atomic mass is 10.0. The lowest BCUT2D eigenvalue weighted by Gasteiger charge is -2.35. The van der Waals surface area contributed by atoms with Crippen LogP contribution in [0.15, 0.2) is 60.7 Å². The molecule has 1 saturated heterocycles. The molecule has 1 heterocycles. The third-order valence-corrected chi connectivity index (χ3v) is 5.03. The van der Waals surface area contributed by atoms with Crippen LogP contribution in [0.2, 0.25) is 0 Å². The minimum absolute atomic E-state index is 0.0535. The average Bonchev–Trinajstić information content (AvgIpc) is 2.77. The van der Waals surface area contributed by atoms with Crippen molar-refractivity contribution in [1.29, 1.82) is 0 Å². The third kappa shape index (κ3) is 7.28. The molecule has 3 atom stereocenters. The summed E-state index contributed by atoms with van der Waals surface area (Å²) in [5.41, 5.74) is 2.16. The number of ether oxygens (including phenoxy) is 4. The maximum absolute atomic E-state index is 11.7. The molecule has 5 heteroatoms. The van der Waals surface area contributed by atoms with E-state index >= 15 is 0 Å². The maximum Gasteiger partial charge on any atom is 0.308 e. The van der Waals surface area contributed by atoms with Crippen LogP contribution >= 0.6 is 0 Å². The van der Waals surface area contributed by atoms with Gasteiger partial charge < -0.3 is 18.9 Å². The molecule has 29 heavy (non-hydrogen) atoms. The van der Waals surface area contributed by atoms with Crippen molar-refractivity contribution in [3.05, 3.63) is 71.8 Å². The fourth-order valence-electron chi connectivity index (χ4n) is 3.48. The van der Waals surface area contributed by atoms with E-state index < -0.39 is 6.29 Å². The van der Waals surface area contributed by atoms with E-state index in [1.54, 1.807) is 0 Å². The van der Waals surface area contributed by atoms with Gasteiger partial charge in [-0.3, -0.25) is 4.79 Å².